The minimum absolute atomic E-state index is 0.488. The molecule has 0 bridgehead atoms. The largest absolute Gasteiger partial charge is 0.480 e. The van der Waals surface area contributed by atoms with Crippen molar-refractivity contribution in [2.45, 2.75) is 13.0 Å². The van der Waals surface area contributed by atoms with Crippen LogP contribution in [0.5, 0.6) is 0 Å². The summed E-state index contributed by atoms with van der Waals surface area (Å²) in [5, 5.41) is 13.0. The van der Waals surface area contributed by atoms with Gasteiger partial charge in [0.25, 0.3) is 0 Å². The van der Waals surface area contributed by atoms with Gasteiger partial charge in [0.1, 0.15) is 18.2 Å². The van der Waals surface area contributed by atoms with Crippen molar-refractivity contribution in [3.05, 3.63) is 29.5 Å². The summed E-state index contributed by atoms with van der Waals surface area (Å²) in [7, 11) is 0. The van der Waals surface area contributed by atoms with Crippen LogP contribution < -0.4 is 5.32 Å². The lowest BCUT2D eigenvalue weighted by Crippen LogP contribution is -2.26. The van der Waals surface area contributed by atoms with Crippen molar-refractivity contribution in [3.8, 4) is 0 Å². The number of hydrogen-bond acceptors (Lipinski definition) is 4. The van der Waals surface area contributed by atoms with E-state index < -0.39 is 12.0 Å². The highest BCUT2D eigenvalue weighted by atomic mass is 35.5. The topological polar surface area (TPSA) is 75.1 Å². The Hall–Kier alpha value is -1.88. The van der Waals surface area contributed by atoms with E-state index in [1.54, 1.807) is 25.1 Å². The number of aliphatic carboxylic acids is 1. The van der Waals surface area contributed by atoms with E-state index in [1.165, 1.54) is 6.33 Å². The van der Waals surface area contributed by atoms with Crippen molar-refractivity contribution in [2.24, 2.45) is 0 Å². The van der Waals surface area contributed by atoms with Crippen molar-refractivity contribution >= 4 is 34.3 Å². The Morgan fingerprint density at radius 2 is 2.24 bits per heavy atom. The van der Waals surface area contributed by atoms with E-state index in [1.807, 2.05) is 0 Å². The van der Waals surface area contributed by atoms with Crippen LogP contribution in [0.15, 0.2) is 24.5 Å². The summed E-state index contributed by atoms with van der Waals surface area (Å²) in [5.41, 5.74) is 0.674. The summed E-state index contributed by atoms with van der Waals surface area (Å²) in [5.74, 6) is -0.452. The fourth-order valence-corrected chi connectivity index (χ4v) is 1.58. The summed E-state index contributed by atoms with van der Waals surface area (Å²) < 4.78 is 0. The zero-order chi connectivity index (χ0) is 12.4. The van der Waals surface area contributed by atoms with Crippen LogP contribution in [0.2, 0.25) is 5.02 Å². The molecule has 0 saturated carbocycles. The van der Waals surface area contributed by atoms with Gasteiger partial charge in [-0.25, -0.2) is 9.97 Å². The van der Waals surface area contributed by atoms with Gasteiger partial charge in [0.15, 0.2) is 0 Å². The quantitative estimate of drug-likeness (QED) is 0.874. The van der Waals surface area contributed by atoms with Crippen molar-refractivity contribution in [3.63, 3.8) is 0 Å². The van der Waals surface area contributed by atoms with Crippen molar-refractivity contribution in [1.29, 1.82) is 0 Å². The molecule has 1 heterocycles. The van der Waals surface area contributed by atoms with Gasteiger partial charge in [0, 0.05) is 10.4 Å². The Balaban J connectivity index is 2.44. The van der Waals surface area contributed by atoms with Gasteiger partial charge < -0.3 is 10.4 Å². The lowest BCUT2D eigenvalue weighted by atomic mass is 10.2. The highest BCUT2D eigenvalue weighted by molar-refractivity contribution is 6.31. The zero-order valence-electron chi connectivity index (χ0n) is 9.01. The van der Waals surface area contributed by atoms with Crippen LogP contribution in [0.4, 0.5) is 5.82 Å². The maximum absolute atomic E-state index is 10.8. The number of aromatic nitrogens is 2. The van der Waals surface area contributed by atoms with Gasteiger partial charge in [-0.3, -0.25) is 4.79 Å². The van der Waals surface area contributed by atoms with Crippen LogP contribution in [0.1, 0.15) is 6.92 Å². The van der Waals surface area contributed by atoms with Crippen molar-refractivity contribution in [2.75, 3.05) is 5.32 Å². The molecule has 2 N–H and O–H groups in total. The van der Waals surface area contributed by atoms with Crippen molar-refractivity contribution in [1.82, 2.24) is 9.97 Å². The molecular weight excluding hydrogens is 242 g/mol. The first-order valence-electron chi connectivity index (χ1n) is 4.97. The van der Waals surface area contributed by atoms with Gasteiger partial charge in [-0.15, -0.1) is 0 Å². The Morgan fingerprint density at radius 3 is 2.94 bits per heavy atom. The smallest absolute Gasteiger partial charge is 0.325 e. The molecule has 1 aromatic heterocycles. The van der Waals surface area contributed by atoms with Gasteiger partial charge in [-0.05, 0) is 25.1 Å². The molecular formula is C11H10ClN3O2. The number of carboxylic acid groups (broad SMARTS) is 1. The van der Waals surface area contributed by atoms with E-state index in [4.69, 9.17) is 16.7 Å². The number of fused-ring (bicyclic) bond motifs is 1. The molecule has 0 radical (unpaired) electrons. The number of carbonyl (C=O) groups is 1. The third-order valence-electron chi connectivity index (χ3n) is 2.32. The Labute approximate surface area is 102 Å². The molecule has 0 amide bonds. The average molecular weight is 252 g/mol. The van der Waals surface area contributed by atoms with Gasteiger partial charge in [-0.2, -0.15) is 0 Å². The second kappa shape index (κ2) is 4.55. The number of nitrogens with zero attached hydrogens (tertiary/aromatic N) is 2. The van der Waals surface area contributed by atoms with Gasteiger partial charge in [0.05, 0.1) is 5.52 Å². The Kier molecular flexibility index (Phi) is 3.10. The van der Waals surface area contributed by atoms with Crippen molar-refractivity contribution < 1.29 is 9.90 Å². The summed E-state index contributed by atoms with van der Waals surface area (Å²) in [4.78, 5) is 18.9. The highest BCUT2D eigenvalue weighted by Crippen LogP contribution is 2.22. The van der Waals surface area contributed by atoms with Gasteiger partial charge in [-0.1, -0.05) is 11.6 Å². The molecule has 0 saturated heterocycles. The molecule has 2 rings (SSSR count). The standard InChI is InChI=1S/C11H10ClN3O2/c1-6(11(16)17)15-10-8-3-2-7(12)4-9(8)13-5-14-10/h2-6H,1H3,(H,16,17)(H,13,14,15)/t6-/m1/s1. The van der Waals surface area contributed by atoms with E-state index in [-0.39, 0.29) is 0 Å². The molecule has 5 nitrogen and oxygen atoms in total. The summed E-state index contributed by atoms with van der Waals surface area (Å²) in [6.45, 7) is 1.55. The molecule has 88 valence electrons. The van der Waals surface area contributed by atoms with Crippen LogP contribution in [-0.2, 0) is 4.79 Å². The first kappa shape index (κ1) is 11.6. The molecule has 6 heteroatoms. The molecule has 17 heavy (non-hydrogen) atoms. The average Bonchev–Trinajstić information content (AvgIpc) is 2.28. The maximum atomic E-state index is 10.8. The molecule has 0 unspecified atom stereocenters. The predicted octanol–water partition coefficient (Wildman–Crippen LogP) is 2.17. The number of benzene rings is 1. The molecule has 0 aliphatic heterocycles. The third-order valence-corrected chi connectivity index (χ3v) is 2.56. The van der Waals surface area contributed by atoms with Crippen LogP contribution in [0.3, 0.4) is 0 Å². The Morgan fingerprint density at radius 1 is 1.47 bits per heavy atom. The second-order valence-electron chi connectivity index (χ2n) is 3.59. The molecule has 1 atom stereocenters. The highest BCUT2D eigenvalue weighted by Gasteiger charge is 2.12. The van der Waals surface area contributed by atoms with Gasteiger partial charge >= 0.3 is 5.97 Å². The van der Waals surface area contributed by atoms with Gasteiger partial charge in [0.2, 0.25) is 0 Å². The van der Waals surface area contributed by atoms with E-state index >= 15 is 0 Å². The number of rotatable bonds is 3. The van der Waals surface area contributed by atoms with E-state index in [9.17, 15) is 4.79 Å². The van der Waals surface area contributed by atoms with E-state index in [0.717, 1.165) is 5.39 Å². The molecule has 0 aliphatic rings. The fraction of sp³-hybridized carbons (Fsp3) is 0.182. The normalized spacial score (nSPS) is 12.4. The predicted molar refractivity (Wildman–Crippen MR) is 65.3 cm³/mol. The lowest BCUT2D eigenvalue weighted by Gasteiger charge is -2.11. The van der Waals surface area contributed by atoms with E-state index in [0.29, 0.717) is 16.4 Å². The summed E-state index contributed by atoms with van der Waals surface area (Å²) >= 11 is 5.85. The lowest BCUT2D eigenvalue weighted by molar-refractivity contribution is -0.137. The molecule has 0 aliphatic carbocycles. The summed E-state index contributed by atoms with van der Waals surface area (Å²) in [6.07, 6.45) is 1.37. The minimum atomic E-state index is -0.939. The molecule has 0 fully saturated rings. The fourth-order valence-electron chi connectivity index (χ4n) is 1.41. The molecule has 1 aromatic carbocycles. The third kappa shape index (κ3) is 2.45. The maximum Gasteiger partial charge on any atom is 0.325 e. The van der Waals surface area contributed by atoms with Crippen LogP contribution in [0.25, 0.3) is 10.9 Å². The summed E-state index contributed by atoms with van der Waals surface area (Å²) in [6, 6.07) is 4.46. The zero-order valence-corrected chi connectivity index (χ0v) is 9.77. The molecule has 0 spiro atoms. The monoisotopic (exact) mass is 251 g/mol. The number of carboxylic acids is 1. The molecule has 2 aromatic rings. The number of nitrogens with one attached hydrogen (secondary N) is 1. The SMILES string of the molecule is C[C@@H](Nc1ncnc2cc(Cl)ccc12)C(=O)O. The first-order chi connectivity index (χ1) is 8.08. The van der Waals surface area contributed by atoms with Crippen LogP contribution in [-0.4, -0.2) is 27.1 Å². The van der Waals surface area contributed by atoms with Crippen LogP contribution >= 0.6 is 11.6 Å². The second-order valence-corrected chi connectivity index (χ2v) is 4.02. The number of halogens is 1. The van der Waals surface area contributed by atoms with E-state index in [2.05, 4.69) is 15.3 Å². The number of anilines is 1. The first-order valence-corrected chi connectivity index (χ1v) is 5.35. The van der Waals surface area contributed by atoms with Crippen LogP contribution in [0, 0.1) is 0 Å². The Bertz CT molecular complexity index is 574. The number of hydrogen-bond donors (Lipinski definition) is 2. The minimum Gasteiger partial charge on any atom is -0.480 e.